The fraction of sp³-hybridized carbons (Fsp3) is 0.583. The summed E-state index contributed by atoms with van der Waals surface area (Å²) in [5.41, 5.74) is 0.554. The Labute approximate surface area is 128 Å². The molecular formula is C12H20N3O6P. The molecule has 1 atom stereocenters. The van der Waals surface area contributed by atoms with Crippen molar-refractivity contribution in [2.75, 3.05) is 20.4 Å². The fourth-order valence-electron chi connectivity index (χ4n) is 1.80. The molecule has 0 saturated heterocycles. The third kappa shape index (κ3) is 5.25. The van der Waals surface area contributed by atoms with Crippen molar-refractivity contribution in [3.63, 3.8) is 0 Å². The number of nitrogens with one attached hydrogen (secondary N) is 1. The SMILES string of the molecule is CCn1ccc(CC(NC(=O)O)C(=O)CP(=O)(OC)OC)n1. The van der Waals surface area contributed by atoms with Crippen LogP contribution >= 0.6 is 7.60 Å². The van der Waals surface area contributed by atoms with E-state index in [4.69, 9.17) is 14.2 Å². The summed E-state index contributed by atoms with van der Waals surface area (Å²) in [7, 11) is -1.21. The normalized spacial score (nSPS) is 12.9. The molecule has 0 aliphatic heterocycles. The van der Waals surface area contributed by atoms with Crippen molar-refractivity contribution in [2.24, 2.45) is 0 Å². The maximum Gasteiger partial charge on any atom is 0.405 e. The molecule has 0 bridgehead atoms. The van der Waals surface area contributed by atoms with Crippen LogP contribution in [-0.2, 0) is 31.4 Å². The van der Waals surface area contributed by atoms with Gasteiger partial charge >= 0.3 is 13.7 Å². The van der Waals surface area contributed by atoms with Gasteiger partial charge < -0.3 is 19.5 Å². The van der Waals surface area contributed by atoms with Gasteiger partial charge in [-0.25, -0.2) is 4.79 Å². The molecule has 0 radical (unpaired) electrons. The van der Waals surface area contributed by atoms with Gasteiger partial charge in [0.15, 0.2) is 5.78 Å². The number of carbonyl (C=O) groups excluding carboxylic acids is 1. The van der Waals surface area contributed by atoms with Crippen LogP contribution in [0.1, 0.15) is 12.6 Å². The monoisotopic (exact) mass is 333 g/mol. The van der Waals surface area contributed by atoms with Gasteiger partial charge in [-0.2, -0.15) is 5.10 Å². The molecule has 2 N–H and O–H groups in total. The van der Waals surface area contributed by atoms with E-state index in [0.29, 0.717) is 12.2 Å². The molecule has 0 spiro atoms. The van der Waals surface area contributed by atoms with Crippen molar-refractivity contribution in [1.82, 2.24) is 15.1 Å². The Morgan fingerprint density at radius 3 is 2.55 bits per heavy atom. The van der Waals surface area contributed by atoms with Crippen molar-refractivity contribution in [2.45, 2.75) is 25.9 Å². The molecule has 0 aliphatic rings. The standard InChI is InChI=1S/C12H20N3O6P/c1-4-15-6-5-9(14-15)7-10(13-12(17)18)11(16)8-22(19,20-2)21-3/h5-6,10,13H,4,7-8H2,1-3H3,(H,17,18). The number of hydrogen-bond acceptors (Lipinski definition) is 6. The molecule has 1 aromatic heterocycles. The third-order valence-corrected chi connectivity index (χ3v) is 4.84. The molecule has 0 fully saturated rings. The number of aromatic nitrogens is 2. The van der Waals surface area contributed by atoms with E-state index in [9.17, 15) is 14.2 Å². The summed E-state index contributed by atoms with van der Waals surface area (Å²) < 4.78 is 23.1. The average molecular weight is 333 g/mol. The van der Waals surface area contributed by atoms with E-state index in [1.807, 2.05) is 6.92 Å². The highest BCUT2D eigenvalue weighted by Gasteiger charge is 2.31. The molecule has 1 rings (SSSR count). The summed E-state index contributed by atoms with van der Waals surface area (Å²) in [5, 5.41) is 15.2. The van der Waals surface area contributed by atoms with Crippen LogP contribution < -0.4 is 5.32 Å². The molecule has 0 aliphatic carbocycles. The molecule has 1 amide bonds. The van der Waals surface area contributed by atoms with E-state index < -0.39 is 31.7 Å². The molecule has 9 nitrogen and oxygen atoms in total. The Bertz CT molecular complexity index is 565. The van der Waals surface area contributed by atoms with Gasteiger partial charge in [0.25, 0.3) is 0 Å². The second-order valence-corrected chi connectivity index (χ2v) is 6.74. The van der Waals surface area contributed by atoms with Crippen molar-refractivity contribution < 1.29 is 28.3 Å². The van der Waals surface area contributed by atoms with E-state index >= 15 is 0 Å². The molecular weight excluding hydrogens is 313 g/mol. The molecule has 1 heterocycles. The molecule has 22 heavy (non-hydrogen) atoms. The zero-order chi connectivity index (χ0) is 16.8. The van der Waals surface area contributed by atoms with Crippen molar-refractivity contribution >= 4 is 19.5 Å². The zero-order valence-electron chi connectivity index (χ0n) is 12.7. The summed E-state index contributed by atoms with van der Waals surface area (Å²) in [4.78, 5) is 23.1. The fourth-order valence-corrected chi connectivity index (χ4v) is 2.81. The number of hydrogen-bond donors (Lipinski definition) is 2. The van der Waals surface area contributed by atoms with Gasteiger partial charge in [-0.1, -0.05) is 0 Å². The summed E-state index contributed by atoms with van der Waals surface area (Å²) in [6, 6.07) is 0.621. The van der Waals surface area contributed by atoms with Crippen LogP contribution in [0, 0.1) is 0 Å². The van der Waals surface area contributed by atoms with Gasteiger partial charge in [-0.15, -0.1) is 0 Å². The molecule has 0 aromatic carbocycles. The third-order valence-electron chi connectivity index (χ3n) is 3.03. The lowest BCUT2D eigenvalue weighted by atomic mass is 10.1. The quantitative estimate of drug-likeness (QED) is 0.650. The molecule has 124 valence electrons. The predicted octanol–water partition coefficient (Wildman–Crippen LogP) is 1.14. The van der Waals surface area contributed by atoms with E-state index in [1.54, 1.807) is 16.9 Å². The highest BCUT2D eigenvalue weighted by molar-refractivity contribution is 7.54. The van der Waals surface area contributed by atoms with Crippen LogP contribution in [0.5, 0.6) is 0 Å². The minimum absolute atomic E-state index is 0.0611. The maximum absolute atomic E-state index is 12.2. The van der Waals surface area contributed by atoms with Crippen LogP contribution in [0.2, 0.25) is 0 Å². The topological polar surface area (TPSA) is 120 Å². The van der Waals surface area contributed by atoms with Gasteiger partial charge in [-0.3, -0.25) is 14.0 Å². The number of Topliss-reactive ketones (excluding diaryl/α,β-unsaturated/α-hetero) is 1. The summed E-state index contributed by atoms with van der Waals surface area (Å²) >= 11 is 0. The predicted molar refractivity (Wildman–Crippen MR) is 78.1 cm³/mol. The highest BCUT2D eigenvalue weighted by Crippen LogP contribution is 2.46. The molecule has 10 heteroatoms. The van der Waals surface area contributed by atoms with Crippen molar-refractivity contribution in [3.05, 3.63) is 18.0 Å². The smallest absolute Gasteiger partial charge is 0.405 e. The van der Waals surface area contributed by atoms with Gasteiger partial charge in [0.05, 0.1) is 11.7 Å². The van der Waals surface area contributed by atoms with E-state index in [-0.39, 0.29) is 6.42 Å². The minimum atomic E-state index is -3.55. The molecule has 1 unspecified atom stereocenters. The summed E-state index contributed by atoms with van der Waals surface area (Å²) in [5.74, 6) is -0.583. The average Bonchev–Trinajstić information content (AvgIpc) is 2.93. The zero-order valence-corrected chi connectivity index (χ0v) is 13.6. The van der Waals surface area contributed by atoms with Crippen LogP contribution in [0.15, 0.2) is 12.3 Å². The highest BCUT2D eigenvalue weighted by atomic mass is 31.2. The second-order valence-electron chi connectivity index (χ2n) is 4.47. The van der Waals surface area contributed by atoms with Gasteiger partial charge in [-0.05, 0) is 13.0 Å². The number of carboxylic acid groups (broad SMARTS) is 1. The Morgan fingerprint density at radius 1 is 1.45 bits per heavy atom. The first-order chi connectivity index (χ1) is 10.3. The lowest BCUT2D eigenvalue weighted by Gasteiger charge is -2.18. The first-order valence-electron chi connectivity index (χ1n) is 6.58. The van der Waals surface area contributed by atoms with Gasteiger partial charge in [0.2, 0.25) is 0 Å². The number of nitrogens with zero attached hydrogens (tertiary/aromatic N) is 2. The number of carbonyl (C=O) groups is 2. The van der Waals surface area contributed by atoms with Crippen molar-refractivity contribution in [3.8, 4) is 0 Å². The van der Waals surface area contributed by atoms with Gasteiger partial charge in [0.1, 0.15) is 6.16 Å². The van der Waals surface area contributed by atoms with Crippen molar-refractivity contribution in [1.29, 1.82) is 0 Å². The molecule has 1 aromatic rings. The van der Waals surface area contributed by atoms with Crippen LogP contribution in [0.25, 0.3) is 0 Å². The molecule has 0 saturated carbocycles. The summed E-state index contributed by atoms with van der Waals surface area (Å²) in [6.07, 6.45) is -0.0735. The first kappa shape index (κ1) is 18.3. The Hall–Kier alpha value is -1.70. The largest absolute Gasteiger partial charge is 0.465 e. The maximum atomic E-state index is 12.2. The van der Waals surface area contributed by atoms with Crippen LogP contribution in [0.3, 0.4) is 0 Å². The minimum Gasteiger partial charge on any atom is -0.465 e. The number of rotatable bonds is 9. The van der Waals surface area contributed by atoms with Gasteiger partial charge in [0, 0.05) is 33.4 Å². The number of ketones is 1. The Kier molecular flexibility index (Phi) is 6.73. The number of amides is 1. The first-order valence-corrected chi connectivity index (χ1v) is 8.31. The lowest BCUT2D eigenvalue weighted by Crippen LogP contribution is -2.43. The lowest BCUT2D eigenvalue weighted by molar-refractivity contribution is -0.118. The van der Waals surface area contributed by atoms with Crippen LogP contribution in [0.4, 0.5) is 4.79 Å². The van der Waals surface area contributed by atoms with Crippen LogP contribution in [-0.4, -0.2) is 53.2 Å². The Morgan fingerprint density at radius 2 is 2.09 bits per heavy atom. The number of aryl methyl sites for hydroxylation is 1. The Balaban J connectivity index is 2.85. The van der Waals surface area contributed by atoms with E-state index in [2.05, 4.69) is 10.4 Å². The van der Waals surface area contributed by atoms with E-state index in [1.165, 1.54) is 14.2 Å². The van der Waals surface area contributed by atoms with E-state index in [0.717, 1.165) is 0 Å². The second kappa shape index (κ2) is 8.07. The summed E-state index contributed by atoms with van der Waals surface area (Å²) in [6.45, 7) is 2.57.